The standard InChI is InChI=1S/C14H18ClN3O/c1-11(2)18(9-3-8-16)10-14(19)17-13-6-4-12(15)5-7-13/h4-7,11H,3,9-10H2,1-2H3,(H,17,19). The Kier molecular flexibility index (Phi) is 6.34. The van der Waals surface area contributed by atoms with Crippen LogP contribution < -0.4 is 5.32 Å². The van der Waals surface area contributed by atoms with Gasteiger partial charge in [0.25, 0.3) is 0 Å². The van der Waals surface area contributed by atoms with Gasteiger partial charge in [0.1, 0.15) is 0 Å². The van der Waals surface area contributed by atoms with Crippen molar-refractivity contribution in [2.24, 2.45) is 0 Å². The fourth-order valence-electron chi connectivity index (χ4n) is 1.63. The van der Waals surface area contributed by atoms with Gasteiger partial charge in [-0.2, -0.15) is 5.26 Å². The van der Waals surface area contributed by atoms with Crippen LogP contribution in [0, 0.1) is 11.3 Å². The molecule has 0 aliphatic carbocycles. The lowest BCUT2D eigenvalue weighted by Gasteiger charge is -2.24. The van der Waals surface area contributed by atoms with E-state index in [2.05, 4.69) is 11.4 Å². The molecule has 0 aliphatic rings. The van der Waals surface area contributed by atoms with E-state index in [1.165, 1.54) is 0 Å². The first-order chi connectivity index (χ1) is 9.02. The normalized spacial score (nSPS) is 10.5. The van der Waals surface area contributed by atoms with Crippen LogP contribution in [0.1, 0.15) is 20.3 Å². The number of nitrogens with zero attached hydrogens (tertiary/aromatic N) is 2. The van der Waals surface area contributed by atoms with Gasteiger partial charge in [0, 0.05) is 29.7 Å². The maximum Gasteiger partial charge on any atom is 0.238 e. The van der Waals surface area contributed by atoms with Crippen molar-refractivity contribution in [3.63, 3.8) is 0 Å². The van der Waals surface area contributed by atoms with Gasteiger partial charge in [-0.3, -0.25) is 9.69 Å². The van der Waals surface area contributed by atoms with Gasteiger partial charge in [0.05, 0.1) is 12.6 Å². The monoisotopic (exact) mass is 279 g/mol. The van der Waals surface area contributed by atoms with Gasteiger partial charge in [0.15, 0.2) is 0 Å². The Morgan fingerprint density at radius 3 is 2.58 bits per heavy atom. The first kappa shape index (κ1) is 15.5. The van der Waals surface area contributed by atoms with Crippen LogP contribution in [0.5, 0.6) is 0 Å². The Balaban J connectivity index is 2.53. The lowest BCUT2D eigenvalue weighted by molar-refractivity contribution is -0.117. The van der Waals surface area contributed by atoms with Crippen LogP contribution in [-0.2, 0) is 4.79 Å². The van der Waals surface area contributed by atoms with E-state index in [9.17, 15) is 4.79 Å². The smallest absolute Gasteiger partial charge is 0.238 e. The van der Waals surface area contributed by atoms with Gasteiger partial charge in [-0.15, -0.1) is 0 Å². The molecule has 19 heavy (non-hydrogen) atoms. The molecule has 0 atom stereocenters. The predicted molar refractivity (Wildman–Crippen MR) is 77.0 cm³/mol. The van der Waals surface area contributed by atoms with Gasteiger partial charge in [-0.1, -0.05) is 11.6 Å². The molecule has 0 aliphatic heterocycles. The summed E-state index contributed by atoms with van der Waals surface area (Å²) in [6, 6.07) is 9.30. The number of nitrogens with one attached hydrogen (secondary N) is 1. The van der Waals surface area contributed by atoms with E-state index in [4.69, 9.17) is 16.9 Å². The van der Waals surface area contributed by atoms with Crippen LogP contribution in [-0.4, -0.2) is 29.9 Å². The quantitative estimate of drug-likeness (QED) is 0.871. The van der Waals surface area contributed by atoms with Crippen LogP contribution in [0.4, 0.5) is 5.69 Å². The number of carbonyl (C=O) groups excluding carboxylic acids is 1. The number of carbonyl (C=O) groups is 1. The molecule has 0 fully saturated rings. The minimum absolute atomic E-state index is 0.0889. The Bertz CT molecular complexity index is 451. The fourth-order valence-corrected chi connectivity index (χ4v) is 1.76. The van der Waals surface area contributed by atoms with Crippen molar-refractivity contribution >= 4 is 23.2 Å². The van der Waals surface area contributed by atoms with Crippen molar-refractivity contribution in [2.45, 2.75) is 26.3 Å². The highest BCUT2D eigenvalue weighted by atomic mass is 35.5. The molecule has 1 amide bonds. The molecule has 102 valence electrons. The lowest BCUT2D eigenvalue weighted by atomic mass is 10.2. The van der Waals surface area contributed by atoms with Gasteiger partial charge < -0.3 is 5.32 Å². The minimum atomic E-state index is -0.0889. The molecule has 0 bridgehead atoms. The first-order valence-electron chi connectivity index (χ1n) is 6.19. The second-order valence-electron chi connectivity index (χ2n) is 4.53. The molecular formula is C14H18ClN3O. The van der Waals surface area contributed by atoms with Crippen molar-refractivity contribution in [1.29, 1.82) is 5.26 Å². The second-order valence-corrected chi connectivity index (χ2v) is 4.96. The maximum atomic E-state index is 11.9. The molecule has 4 nitrogen and oxygen atoms in total. The molecule has 0 aromatic heterocycles. The highest BCUT2D eigenvalue weighted by molar-refractivity contribution is 6.30. The van der Waals surface area contributed by atoms with E-state index in [0.29, 0.717) is 18.0 Å². The molecule has 1 aromatic rings. The fraction of sp³-hybridized carbons (Fsp3) is 0.429. The molecule has 0 spiro atoms. The largest absolute Gasteiger partial charge is 0.325 e. The van der Waals surface area contributed by atoms with Gasteiger partial charge in [-0.05, 0) is 38.1 Å². The summed E-state index contributed by atoms with van der Waals surface area (Å²) < 4.78 is 0. The molecule has 1 rings (SSSR count). The van der Waals surface area contributed by atoms with Crippen molar-refractivity contribution in [3.05, 3.63) is 29.3 Å². The summed E-state index contributed by atoms with van der Waals surface area (Å²) >= 11 is 5.78. The number of benzene rings is 1. The first-order valence-corrected chi connectivity index (χ1v) is 6.57. The zero-order chi connectivity index (χ0) is 14.3. The lowest BCUT2D eigenvalue weighted by Crippen LogP contribution is -2.38. The zero-order valence-corrected chi connectivity index (χ0v) is 11.9. The summed E-state index contributed by atoms with van der Waals surface area (Å²) in [7, 11) is 0. The predicted octanol–water partition coefficient (Wildman–Crippen LogP) is 2.90. The number of hydrogen-bond donors (Lipinski definition) is 1. The average molecular weight is 280 g/mol. The van der Waals surface area contributed by atoms with Gasteiger partial charge in [0.2, 0.25) is 5.91 Å². The number of amides is 1. The maximum absolute atomic E-state index is 11.9. The Morgan fingerprint density at radius 1 is 1.42 bits per heavy atom. The van der Waals surface area contributed by atoms with Crippen molar-refractivity contribution in [3.8, 4) is 6.07 Å². The topological polar surface area (TPSA) is 56.1 Å². The third-order valence-corrected chi connectivity index (χ3v) is 2.97. The van der Waals surface area contributed by atoms with Crippen LogP contribution >= 0.6 is 11.6 Å². The summed E-state index contributed by atoms with van der Waals surface area (Å²) in [5.41, 5.74) is 0.721. The van der Waals surface area contributed by atoms with Gasteiger partial charge in [-0.25, -0.2) is 0 Å². The Labute approximate surface area is 119 Å². The summed E-state index contributed by atoms with van der Waals surface area (Å²) in [6.07, 6.45) is 0.423. The Hall–Kier alpha value is -1.57. The average Bonchev–Trinajstić information content (AvgIpc) is 2.37. The molecule has 0 saturated heterocycles. The van der Waals surface area contributed by atoms with Crippen LogP contribution in [0.3, 0.4) is 0 Å². The summed E-state index contributed by atoms with van der Waals surface area (Å²) in [6.45, 7) is 4.89. The van der Waals surface area contributed by atoms with E-state index >= 15 is 0 Å². The van der Waals surface area contributed by atoms with Crippen molar-refractivity contribution in [1.82, 2.24) is 4.90 Å². The highest BCUT2D eigenvalue weighted by Crippen LogP contribution is 2.13. The summed E-state index contributed by atoms with van der Waals surface area (Å²) in [5, 5.41) is 12.0. The number of rotatable bonds is 6. The van der Waals surface area contributed by atoms with Crippen LogP contribution in [0.15, 0.2) is 24.3 Å². The molecule has 1 aromatic carbocycles. The molecule has 0 saturated carbocycles. The second kappa shape index (κ2) is 7.78. The van der Waals surface area contributed by atoms with E-state index in [-0.39, 0.29) is 18.5 Å². The molecule has 1 N–H and O–H groups in total. The van der Waals surface area contributed by atoms with E-state index in [1.807, 2.05) is 18.7 Å². The van der Waals surface area contributed by atoms with Crippen LogP contribution in [0.25, 0.3) is 0 Å². The molecular weight excluding hydrogens is 262 g/mol. The minimum Gasteiger partial charge on any atom is -0.325 e. The number of nitriles is 1. The highest BCUT2D eigenvalue weighted by Gasteiger charge is 2.13. The van der Waals surface area contributed by atoms with E-state index < -0.39 is 0 Å². The molecule has 5 heteroatoms. The number of halogens is 1. The van der Waals surface area contributed by atoms with Crippen molar-refractivity contribution in [2.75, 3.05) is 18.4 Å². The van der Waals surface area contributed by atoms with E-state index in [0.717, 1.165) is 5.69 Å². The molecule has 0 radical (unpaired) electrons. The molecule has 0 heterocycles. The third kappa shape index (κ3) is 5.73. The van der Waals surface area contributed by atoms with E-state index in [1.54, 1.807) is 24.3 Å². The third-order valence-electron chi connectivity index (χ3n) is 2.72. The summed E-state index contributed by atoms with van der Waals surface area (Å²) in [5.74, 6) is -0.0889. The Morgan fingerprint density at radius 2 is 2.05 bits per heavy atom. The zero-order valence-electron chi connectivity index (χ0n) is 11.2. The van der Waals surface area contributed by atoms with Crippen LogP contribution in [0.2, 0.25) is 5.02 Å². The van der Waals surface area contributed by atoms with Gasteiger partial charge >= 0.3 is 0 Å². The number of hydrogen-bond acceptors (Lipinski definition) is 3. The van der Waals surface area contributed by atoms with Crippen molar-refractivity contribution < 1.29 is 4.79 Å². The number of anilines is 1. The molecule has 0 unspecified atom stereocenters. The SMILES string of the molecule is CC(C)N(CCC#N)CC(=O)Nc1ccc(Cl)cc1. The summed E-state index contributed by atoms with van der Waals surface area (Å²) in [4.78, 5) is 13.9.